The molecule has 0 aliphatic rings. The average molecular weight is 443 g/mol. The lowest BCUT2D eigenvalue weighted by Gasteiger charge is -2.32. The Hall–Kier alpha value is -1.53. The van der Waals surface area contributed by atoms with Crippen LogP contribution < -0.4 is 8.85 Å². The van der Waals surface area contributed by atoms with Gasteiger partial charge in [-0.15, -0.1) is 0 Å². The van der Waals surface area contributed by atoms with Crippen molar-refractivity contribution < 1.29 is 8.85 Å². The Bertz CT molecular complexity index is 771. The number of hydrogen-bond acceptors (Lipinski definition) is 2. The van der Waals surface area contributed by atoms with Crippen LogP contribution in [0.2, 0.25) is 39.3 Å². The lowest BCUT2D eigenvalue weighted by Crippen LogP contribution is -2.29. The van der Waals surface area contributed by atoms with Crippen molar-refractivity contribution in [3.8, 4) is 11.5 Å². The van der Waals surface area contributed by atoms with Crippen molar-refractivity contribution in [3.05, 3.63) is 59.7 Å². The van der Waals surface area contributed by atoms with Crippen LogP contribution in [0.1, 0.15) is 56.6 Å². The van der Waals surface area contributed by atoms with E-state index in [9.17, 15) is 0 Å². The van der Waals surface area contributed by atoms with E-state index in [-0.39, 0.29) is 0 Å². The summed E-state index contributed by atoms with van der Waals surface area (Å²) in [6, 6.07) is 17.7. The lowest BCUT2D eigenvalue weighted by molar-refractivity contribution is 0.345. The molecule has 2 rings (SSSR count). The molecule has 0 heterocycles. The second-order valence-electron chi connectivity index (χ2n) is 10.4. The molecule has 0 fully saturated rings. The van der Waals surface area contributed by atoms with Crippen LogP contribution in [0.4, 0.5) is 0 Å². The Kier molecular flexibility index (Phi) is 8.40. The van der Waals surface area contributed by atoms with Crippen molar-refractivity contribution in [2.45, 2.75) is 84.7 Å². The second kappa shape index (κ2) is 10.2. The van der Waals surface area contributed by atoms with Gasteiger partial charge in [0.2, 0.25) is 16.6 Å². The van der Waals surface area contributed by atoms with Crippen LogP contribution in [0.3, 0.4) is 0 Å². The quantitative estimate of drug-likeness (QED) is 0.344. The van der Waals surface area contributed by atoms with E-state index in [1.165, 1.54) is 17.5 Å². The molecule has 4 heteroatoms. The van der Waals surface area contributed by atoms with Crippen molar-refractivity contribution in [2.24, 2.45) is 5.92 Å². The minimum absolute atomic E-state index is 0.499. The zero-order chi connectivity index (χ0) is 22.5. The molecule has 0 aliphatic heterocycles. The third-order valence-corrected chi connectivity index (χ3v) is 7.33. The highest BCUT2D eigenvalue weighted by molar-refractivity contribution is 6.70. The molecule has 0 amide bonds. The number of hydrogen-bond donors (Lipinski definition) is 0. The Morgan fingerprint density at radius 3 is 1.37 bits per heavy atom. The summed E-state index contributed by atoms with van der Waals surface area (Å²) in [7, 11) is -3.14. The highest BCUT2D eigenvalue weighted by atomic mass is 28.4. The normalized spacial score (nSPS) is 15.4. The number of benzene rings is 2. The summed E-state index contributed by atoms with van der Waals surface area (Å²) >= 11 is 0. The summed E-state index contributed by atoms with van der Waals surface area (Å²) < 4.78 is 12.3. The summed E-state index contributed by atoms with van der Waals surface area (Å²) in [6.07, 6.45) is 2.31. The smallest absolute Gasteiger partial charge is 0.242 e. The average Bonchev–Trinajstić information content (AvgIpc) is 2.64. The Morgan fingerprint density at radius 2 is 1.03 bits per heavy atom. The predicted octanol–water partition coefficient (Wildman–Crippen LogP) is 8.44. The molecule has 2 aromatic carbocycles. The zero-order valence-corrected chi connectivity index (χ0v) is 22.6. The van der Waals surface area contributed by atoms with Crippen molar-refractivity contribution in [1.82, 2.24) is 0 Å². The maximum Gasteiger partial charge on any atom is 0.242 e. The first-order chi connectivity index (χ1) is 13.9. The maximum atomic E-state index is 6.15. The SMILES string of the molecule is CCC(c1ccc(O[Si](C)(C)C)cc1)C(CC)C(C)c1ccc(O[Si](C)(C)C)cc1. The first kappa shape index (κ1) is 24.7. The van der Waals surface area contributed by atoms with Crippen LogP contribution in [0, 0.1) is 5.92 Å². The van der Waals surface area contributed by atoms with Gasteiger partial charge in [-0.2, -0.15) is 0 Å². The van der Waals surface area contributed by atoms with Crippen molar-refractivity contribution >= 4 is 16.6 Å². The first-order valence-corrected chi connectivity index (χ1v) is 18.3. The van der Waals surface area contributed by atoms with Crippen LogP contribution in [0.15, 0.2) is 48.5 Å². The van der Waals surface area contributed by atoms with Gasteiger partial charge in [-0.25, -0.2) is 0 Å². The van der Waals surface area contributed by atoms with E-state index < -0.39 is 16.6 Å². The minimum Gasteiger partial charge on any atom is -0.544 e. The molecule has 0 aromatic heterocycles. The second-order valence-corrected chi connectivity index (χ2v) is 19.3. The van der Waals surface area contributed by atoms with E-state index in [0.717, 1.165) is 17.9 Å². The first-order valence-electron chi connectivity index (χ1n) is 11.5. The monoisotopic (exact) mass is 442 g/mol. The molecule has 2 nitrogen and oxygen atoms in total. The fourth-order valence-electron chi connectivity index (χ4n) is 4.35. The maximum absolute atomic E-state index is 6.15. The van der Waals surface area contributed by atoms with Crippen LogP contribution >= 0.6 is 0 Å². The molecule has 166 valence electrons. The van der Waals surface area contributed by atoms with Gasteiger partial charge in [0.25, 0.3) is 0 Å². The summed E-state index contributed by atoms with van der Waals surface area (Å²) in [5, 5.41) is 0. The predicted molar refractivity (Wildman–Crippen MR) is 136 cm³/mol. The zero-order valence-electron chi connectivity index (χ0n) is 20.6. The van der Waals surface area contributed by atoms with E-state index in [4.69, 9.17) is 8.85 Å². The topological polar surface area (TPSA) is 18.5 Å². The van der Waals surface area contributed by atoms with Gasteiger partial charge in [0.1, 0.15) is 11.5 Å². The molecule has 30 heavy (non-hydrogen) atoms. The Balaban J connectivity index is 2.19. The Labute approximate surface area is 187 Å². The van der Waals surface area contributed by atoms with Gasteiger partial charge in [0.15, 0.2) is 0 Å². The molecule has 0 saturated heterocycles. The molecule has 0 saturated carbocycles. The molecule has 0 spiro atoms. The van der Waals surface area contributed by atoms with Crippen molar-refractivity contribution in [2.75, 3.05) is 0 Å². The van der Waals surface area contributed by atoms with Gasteiger partial charge in [-0.1, -0.05) is 51.5 Å². The van der Waals surface area contributed by atoms with Crippen molar-refractivity contribution in [1.29, 1.82) is 0 Å². The van der Waals surface area contributed by atoms with E-state index in [0.29, 0.717) is 17.8 Å². The van der Waals surface area contributed by atoms with Gasteiger partial charge >= 0.3 is 0 Å². The Morgan fingerprint density at radius 1 is 0.633 bits per heavy atom. The summed E-state index contributed by atoms with van der Waals surface area (Å²) in [4.78, 5) is 0. The van der Waals surface area contributed by atoms with Crippen LogP contribution in [-0.4, -0.2) is 16.6 Å². The van der Waals surface area contributed by atoms with E-state index in [2.05, 4.69) is 109 Å². The van der Waals surface area contributed by atoms with Gasteiger partial charge in [0.05, 0.1) is 0 Å². The van der Waals surface area contributed by atoms with Gasteiger partial charge < -0.3 is 8.85 Å². The fraction of sp³-hybridized carbons (Fsp3) is 0.538. The van der Waals surface area contributed by atoms with Crippen molar-refractivity contribution in [3.63, 3.8) is 0 Å². The molecule has 2 aromatic rings. The molecule has 0 aliphatic carbocycles. The van der Waals surface area contributed by atoms with E-state index in [1.807, 2.05) is 0 Å². The third-order valence-electron chi connectivity index (χ3n) is 5.63. The lowest BCUT2D eigenvalue weighted by atomic mass is 9.73. The number of rotatable bonds is 10. The van der Waals surface area contributed by atoms with E-state index >= 15 is 0 Å². The third kappa shape index (κ3) is 7.31. The fourth-order valence-corrected chi connectivity index (χ4v) is 6.04. The highest BCUT2D eigenvalue weighted by Gasteiger charge is 2.27. The minimum atomic E-state index is -1.57. The summed E-state index contributed by atoms with van der Waals surface area (Å²) in [5.74, 6) is 3.65. The van der Waals surface area contributed by atoms with Gasteiger partial charge in [0, 0.05) is 0 Å². The largest absolute Gasteiger partial charge is 0.544 e. The molecular weight excluding hydrogens is 400 g/mol. The molecule has 0 N–H and O–H groups in total. The molecular formula is C26H42O2Si2. The standard InChI is InChI=1S/C26H42O2Si2/c1-10-25(20(3)21-12-16-23(17-13-21)27-29(4,5)6)26(11-2)22-14-18-24(19-15-22)28-30(7,8)9/h12-20,25-26H,10-11H2,1-9H3. The molecule has 3 unspecified atom stereocenters. The highest BCUT2D eigenvalue weighted by Crippen LogP contribution is 2.40. The van der Waals surface area contributed by atoms with Crippen LogP contribution in [-0.2, 0) is 0 Å². The van der Waals surface area contributed by atoms with Crippen LogP contribution in [0.25, 0.3) is 0 Å². The van der Waals surface area contributed by atoms with E-state index in [1.54, 1.807) is 0 Å². The molecule has 0 bridgehead atoms. The van der Waals surface area contributed by atoms with Crippen LogP contribution in [0.5, 0.6) is 11.5 Å². The summed E-state index contributed by atoms with van der Waals surface area (Å²) in [5.41, 5.74) is 2.83. The molecule has 3 atom stereocenters. The molecule has 0 radical (unpaired) electrons. The summed E-state index contributed by atoms with van der Waals surface area (Å²) in [6.45, 7) is 20.4. The van der Waals surface area contributed by atoms with Gasteiger partial charge in [-0.05, 0) is 98.8 Å². The van der Waals surface area contributed by atoms with Gasteiger partial charge in [-0.3, -0.25) is 0 Å².